The number of rotatable bonds is 5. The van der Waals surface area contributed by atoms with Crippen molar-refractivity contribution in [2.75, 3.05) is 7.11 Å². The van der Waals surface area contributed by atoms with Gasteiger partial charge in [0.15, 0.2) is 29.0 Å². The number of carbonyl (C=O) groups is 1. The molecule has 0 N–H and O–H groups in total. The Morgan fingerprint density at radius 2 is 1.48 bits per heavy atom. The minimum Gasteiger partial charge on any atom is -0.497 e. The van der Waals surface area contributed by atoms with Crippen LogP contribution >= 0.6 is 0 Å². The SMILES string of the molecule is COc1ccc(/C=C2\Oc3c(ccc(OCc4c(F)c(F)c(F)c(F)c4F)c3C)C2=O)cc1. The minimum absolute atomic E-state index is 0.0511. The zero-order chi connectivity index (χ0) is 23.9. The Bertz CT molecular complexity index is 1270. The van der Waals surface area contributed by atoms with Gasteiger partial charge in [-0.25, -0.2) is 22.0 Å². The minimum atomic E-state index is -2.24. The van der Waals surface area contributed by atoms with E-state index in [1.807, 2.05) is 0 Å². The van der Waals surface area contributed by atoms with Crippen LogP contribution in [0, 0.1) is 36.0 Å². The largest absolute Gasteiger partial charge is 0.497 e. The van der Waals surface area contributed by atoms with Crippen molar-refractivity contribution in [3.05, 3.63) is 93.5 Å². The maximum absolute atomic E-state index is 13.9. The first-order valence-corrected chi connectivity index (χ1v) is 9.58. The number of fused-ring (bicyclic) bond motifs is 1. The molecule has 4 rings (SSSR count). The molecule has 0 saturated carbocycles. The molecule has 0 aliphatic carbocycles. The highest BCUT2D eigenvalue weighted by molar-refractivity contribution is 6.14. The third-order valence-corrected chi connectivity index (χ3v) is 5.12. The van der Waals surface area contributed by atoms with Crippen molar-refractivity contribution >= 4 is 11.9 Å². The van der Waals surface area contributed by atoms with E-state index in [0.29, 0.717) is 16.9 Å². The summed E-state index contributed by atoms with van der Waals surface area (Å²) in [5, 5.41) is 0. The van der Waals surface area contributed by atoms with Crippen LogP contribution in [0.1, 0.15) is 27.0 Å². The lowest BCUT2D eigenvalue weighted by Crippen LogP contribution is -2.10. The fourth-order valence-corrected chi connectivity index (χ4v) is 3.30. The molecule has 3 aromatic rings. The van der Waals surface area contributed by atoms with Crippen LogP contribution in [-0.4, -0.2) is 12.9 Å². The Morgan fingerprint density at radius 3 is 2.09 bits per heavy atom. The number of methoxy groups -OCH3 is 1. The molecular weight excluding hydrogens is 447 g/mol. The summed E-state index contributed by atoms with van der Waals surface area (Å²) in [4.78, 5) is 12.7. The Labute approximate surface area is 184 Å². The number of ether oxygens (including phenoxy) is 3. The van der Waals surface area contributed by atoms with Gasteiger partial charge in [-0.05, 0) is 42.8 Å². The lowest BCUT2D eigenvalue weighted by atomic mass is 10.1. The number of hydrogen-bond donors (Lipinski definition) is 0. The predicted octanol–water partition coefficient (Wildman–Crippen LogP) is 5.89. The topological polar surface area (TPSA) is 44.8 Å². The summed E-state index contributed by atoms with van der Waals surface area (Å²) in [6.07, 6.45) is 1.54. The van der Waals surface area contributed by atoms with E-state index in [0.717, 1.165) is 0 Å². The van der Waals surface area contributed by atoms with Crippen molar-refractivity contribution in [2.24, 2.45) is 0 Å². The molecule has 0 bridgehead atoms. The monoisotopic (exact) mass is 462 g/mol. The lowest BCUT2D eigenvalue weighted by Gasteiger charge is -2.13. The zero-order valence-corrected chi connectivity index (χ0v) is 17.3. The van der Waals surface area contributed by atoms with E-state index in [1.54, 1.807) is 24.3 Å². The fourth-order valence-electron chi connectivity index (χ4n) is 3.30. The molecule has 0 atom stereocenters. The van der Waals surface area contributed by atoms with E-state index >= 15 is 0 Å². The van der Waals surface area contributed by atoms with Gasteiger partial charge in [-0.15, -0.1) is 0 Å². The van der Waals surface area contributed by atoms with E-state index in [4.69, 9.17) is 14.2 Å². The molecule has 33 heavy (non-hydrogen) atoms. The Morgan fingerprint density at radius 1 is 0.879 bits per heavy atom. The lowest BCUT2D eigenvalue weighted by molar-refractivity contribution is 0.101. The van der Waals surface area contributed by atoms with E-state index < -0.39 is 41.3 Å². The molecule has 0 spiro atoms. The summed E-state index contributed by atoms with van der Waals surface area (Å²) in [7, 11) is 1.53. The molecule has 1 heterocycles. The second-order valence-electron chi connectivity index (χ2n) is 7.12. The average molecular weight is 462 g/mol. The molecule has 0 saturated heterocycles. The first-order chi connectivity index (χ1) is 15.7. The van der Waals surface area contributed by atoms with Crippen LogP contribution in [0.3, 0.4) is 0 Å². The second-order valence-corrected chi connectivity index (χ2v) is 7.12. The molecule has 1 aliphatic rings. The van der Waals surface area contributed by atoms with Gasteiger partial charge in [-0.1, -0.05) is 12.1 Å². The molecular formula is C24H15F5O4. The fraction of sp³-hybridized carbons (Fsp3) is 0.125. The van der Waals surface area contributed by atoms with Gasteiger partial charge in [-0.2, -0.15) is 0 Å². The van der Waals surface area contributed by atoms with Gasteiger partial charge >= 0.3 is 0 Å². The summed E-state index contributed by atoms with van der Waals surface area (Å²) in [5.41, 5.74) is 0.148. The van der Waals surface area contributed by atoms with E-state index in [-0.39, 0.29) is 28.6 Å². The first-order valence-electron chi connectivity index (χ1n) is 9.58. The summed E-state index contributed by atoms with van der Waals surface area (Å²) < 4.78 is 83.9. The molecule has 3 aromatic carbocycles. The van der Waals surface area contributed by atoms with Crippen LogP contribution in [-0.2, 0) is 6.61 Å². The van der Waals surface area contributed by atoms with Crippen molar-refractivity contribution in [1.82, 2.24) is 0 Å². The number of allylic oxidation sites excluding steroid dienone is 1. The maximum Gasteiger partial charge on any atom is 0.231 e. The maximum atomic E-state index is 13.9. The van der Waals surface area contributed by atoms with Crippen LogP contribution in [0.15, 0.2) is 42.2 Å². The third-order valence-electron chi connectivity index (χ3n) is 5.12. The van der Waals surface area contributed by atoms with Gasteiger partial charge in [0.1, 0.15) is 23.9 Å². The van der Waals surface area contributed by atoms with Crippen molar-refractivity contribution < 1.29 is 41.0 Å². The van der Waals surface area contributed by atoms with E-state index in [2.05, 4.69) is 0 Å². The van der Waals surface area contributed by atoms with E-state index in [1.165, 1.54) is 32.2 Å². The zero-order valence-electron chi connectivity index (χ0n) is 17.3. The Hall–Kier alpha value is -3.88. The smallest absolute Gasteiger partial charge is 0.231 e. The van der Waals surface area contributed by atoms with Gasteiger partial charge in [0.05, 0.1) is 18.2 Å². The van der Waals surface area contributed by atoms with Crippen LogP contribution in [0.25, 0.3) is 6.08 Å². The Kier molecular flexibility index (Phi) is 5.80. The normalized spacial score (nSPS) is 13.8. The summed E-state index contributed by atoms with van der Waals surface area (Å²) in [6, 6.07) is 9.66. The van der Waals surface area contributed by atoms with Crippen LogP contribution in [0.4, 0.5) is 22.0 Å². The molecule has 0 aromatic heterocycles. The number of hydrogen-bond acceptors (Lipinski definition) is 4. The van der Waals surface area contributed by atoms with Crippen LogP contribution < -0.4 is 14.2 Å². The van der Waals surface area contributed by atoms with Crippen molar-refractivity contribution in [1.29, 1.82) is 0 Å². The molecule has 0 radical (unpaired) electrons. The van der Waals surface area contributed by atoms with E-state index in [9.17, 15) is 26.7 Å². The highest BCUT2D eigenvalue weighted by atomic mass is 19.2. The van der Waals surface area contributed by atoms with Crippen molar-refractivity contribution in [2.45, 2.75) is 13.5 Å². The van der Waals surface area contributed by atoms with Gasteiger partial charge in [-0.3, -0.25) is 4.79 Å². The molecule has 0 amide bonds. The quantitative estimate of drug-likeness (QED) is 0.205. The predicted molar refractivity (Wildman–Crippen MR) is 108 cm³/mol. The number of carbonyl (C=O) groups excluding carboxylic acids is 1. The third kappa shape index (κ3) is 3.90. The Balaban J connectivity index is 1.59. The first kappa shape index (κ1) is 22.3. The standard InChI is InChI=1S/C24H15F5O4/c1-11-16(32-10-15-18(25)20(27)22(29)21(28)19(15)26)8-7-14-23(30)17(33-24(11)14)9-12-3-5-13(31-2)6-4-12/h3-9H,10H2,1-2H3/b17-9-. The van der Waals surface area contributed by atoms with Crippen LogP contribution in [0.5, 0.6) is 17.2 Å². The number of ketones is 1. The highest BCUT2D eigenvalue weighted by Gasteiger charge is 2.31. The molecule has 0 fully saturated rings. The molecule has 9 heteroatoms. The van der Waals surface area contributed by atoms with Gasteiger partial charge in [0, 0.05) is 5.56 Å². The van der Waals surface area contributed by atoms with Gasteiger partial charge in [0.25, 0.3) is 0 Å². The summed E-state index contributed by atoms with van der Waals surface area (Å²) >= 11 is 0. The second kappa shape index (κ2) is 8.57. The molecule has 4 nitrogen and oxygen atoms in total. The van der Waals surface area contributed by atoms with Crippen molar-refractivity contribution in [3.8, 4) is 17.2 Å². The molecule has 170 valence electrons. The molecule has 1 aliphatic heterocycles. The van der Waals surface area contributed by atoms with Crippen LogP contribution in [0.2, 0.25) is 0 Å². The number of halogens is 5. The number of Topliss-reactive ketones (excluding diaryl/α,β-unsaturated/α-hetero) is 1. The van der Waals surface area contributed by atoms with Gasteiger partial charge < -0.3 is 14.2 Å². The molecule has 0 unspecified atom stereocenters. The summed E-state index contributed by atoms with van der Waals surface area (Å²) in [5.74, 6) is -9.75. The number of benzene rings is 3. The average Bonchev–Trinajstić information content (AvgIpc) is 3.14. The van der Waals surface area contributed by atoms with Gasteiger partial charge in [0.2, 0.25) is 11.6 Å². The van der Waals surface area contributed by atoms with Crippen molar-refractivity contribution in [3.63, 3.8) is 0 Å². The summed E-state index contributed by atoms with van der Waals surface area (Å²) in [6.45, 7) is 0.615. The highest BCUT2D eigenvalue weighted by Crippen LogP contribution is 2.39.